The number of halogens is 3. The van der Waals surface area contributed by atoms with Crippen molar-refractivity contribution in [2.75, 3.05) is 31.6 Å². The van der Waals surface area contributed by atoms with Gasteiger partial charge in [0.2, 0.25) is 0 Å². The zero-order valence-corrected chi connectivity index (χ0v) is 13.1. The Bertz CT molecular complexity index is 744. The summed E-state index contributed by atoms with van der Waals surface area (Å²) in [5.41, 5.74) is -0.793. The number of nitrogens with one attached hydrogen (secondary N) is 1. The largest absolute Gasteiger partial charge is 0.418 e. The van der Waals surface area contributed by atoms with Gasteiger partial charge in [0.05, 0.1) is 36.9 Å². The summed E-state index contributed by atoms with van der Waals surface area (Å²) in [6.45, 7) is 1.87. The molecule has 2 heterocycles. The van der Waals surface area contributed by atoms with Crippen LogP contribution in [0.3, 0.4) is 0 Å². The van der Waals surface area contributed by atoms with Crippen molar-refractivity contribution in [3.05, 3.63) is 47.9 Å². The highest BCUT2D eigenvalue weighted by Gasteiger charge is 2.33. The predicted octanol–water partition coefficient (Wildman–Crippen LogP) is 2.71. The first kappa shape index (κ1) is 17.2. The van der Waals surface area contributed by atoms with Crippen LogP contribution in [0.25, 0.3) is 0 Å². The fraction of sp³-hybridized carbons (Fsp3) is 0.312. The summed E-state index contributed by atoms with van der Waals surface area (Å²) in [6.07, 6.45) is -2.00. The van der Waals surface area contributed by atoms with Crippen LogP contribution in [0, 0.1) is 0 Å². The number of alkyl halides is 3. The van der Waals surface area contributed by atoms with Crippen LogP contribution in [0.5, 0.6) is 0 Å². The number of ether oxygens (including phenoxy) is 1. The Labute approximate surface area is 141 Å². The van der Waals surface area contributed by atoms with Gasteiger partial charge in [0.15, 0.2) is 0 Å². The quantitative estimate of drug-likeness (QED) is 0.920. The van der Waals surface area contributed by atoms with Crippen LogP contribution in [-0.2, 0) is 10.9 Å². The number of amides is 1. The molecule has 2 aromatic rings. The Hall–Kier alpha value is -2.68. The summed E-state index contributed by atoms with van der Waals surface area (Å²) in [4.78, 5) is 21.8. The molecular weight excluding hydrogens is 337 g/mol. The van der Waals surface area contributed by atoms with Gasteiger partial charge in [0.1, 0.15) is 11.5 Å². The third-order valence-corrected chi connectivity index (χ3v) is 3.66. The Morgan fingerprint density at radius 2 is 1.84 bits per heavy atom. The zero-order chi connectivity index (χ0) is 17.9. The van der Waals surface area contributed by atoms with E-state index < -0.39 is 11.7 Å². The highest BCUT2D eigenvalue weighted by Crippen LogP contribution is 2.35. The molecule has 132 valence electrons. The van der Waals surface area contributed by atoms with E-state index in [1.807, 2.05) is 0 Å². The van der Waals surface area contributed by atoms with E-state index in [0.29, 0.717) is 26.3 Å². The molecule has 0 radical (unpaired) electrons. The average molecular weight is 352 g/mol. The van der Waals surface area contributed by atoms with Crippen LogP contribution >= 0.6 is 0 Å². The molecule has 1 aromatic carbocycles. The van der Waals surface area contributed by atoms with Gasteiger partial charge in [-0.05, 0) is 12.1 Å². The number of para-hydroxylation sites is 1. The minimum atomic E-state index is -4.48. The number of hydrogen-bond acceptors (Lipinski definition) is 5. The average Bonchev–Trinajstić information content (AvgIpc) is 2.62. The number of rotatable bonds is 3. The molecule has 6 nitrogen and oxygen atoms in total. The van der Waals surface area contributed by atoms with Crippen molar-refractivity contribution in [1.82, 2.24) is 14.9 Å². The first-order chi connectivity index (χ1) is 11.9. The summed E-state index contributed by atoms with van der Waals surface area (Å²) in [5, 5.41) is 2.59. The number of nitrogens with zero attached hydrogens (tertiary/aromatic N) is 3. The summed E-state index contributed by atoms with van der Waals surface area (Å²) in [5.74, 6) is -0.159. The third-order valence-electron chi connectivity index (χ3n) is 3.66. The van der Waals surface area contributed by atoms with Crippen LogP contribution < -0.4 is 5.32 Å². The molecule has 1 saturated heterocycles. The number of hydrogen-bond donors (Lipinski definition) is 1. The molecule has 1 aliphatic heterocycles. The molecule has 3 rings (SSSR count). The molecule has 1 aromatic heterocycles. The van der Waals surface area contributed by atoms with Gasteiger partial charge in [-0.15, -0.1) is 0 Å². The van der Waals surface area contributed by atoms with Crippen molar-refractivity contribution in [1.29, 1.82) is 0 Å². The third kappa shape index (κ3) is 4.05. The van der Waals surface area contributed by atoms with E-state index >= 15 is 0 Å². The Morgan fingerprint density at radius 1 is 1.12 bits per heavy atom. The molecule has 0 atom stereocenters. The zero-order valence-electron chi connectivity index (χ0n) is 13.1. The van der Waals surface area contributed by atoms with E-state index in [1.54, 1.807) is 4.90 Å². The van der Waals surface area contributed by atoms with Gasteiger partial charge in [0.25, 0.3) is 5.91 Å². The van der Waals surface area contributed by atoms with E-state index in [0.717, 1.165) is 6.07 Å². The number of morpholine rings is 1. The Balaban J connectivity index is 1.74. The molecule has 1 N–H and O–H groups in total. The van der Waals surface area contributed by atoms with E-state index in [-0.39, 0.29) is 23.1 Å². The lowest BCUT2D eigenvalue weighted by Gasteiger charge is -2.26. The molecule has 9 heteroatoms. The van der Waals surface area contributed by atoms with E-state index in [9.17, 15) is 18.0 Å². The maximum Gasteiger partial charge on any atom is 0.418 e. The van der Waals surface area contributed by atoms with Crippen molar-refractivity contribution in [2.24, 2.45) is 0 Å². The summed E-state index contributed by atoms with van der Waals surface area (Å²) >= 11 is 0. The van der Waals surface area contributed by atoms with Crippen molar-refractivity contribution >= 4 is 17.4 Å². The topological polar surface area (TPSA) is 67.4 Å². The maximum absolute atomic E-state index is 13.0. The monoisotopic (exact) mass is 352 g/mol. The van der Waals surface area contributed by atoms with E-state index in [4.69, 9.17) is 4.74 Å². The highest BCUT2D eigenvalue weighted by molar-refractivity contribution is 5.92. The molecule has 0 bridgehead atoms. The second-order valence-electron chi connectivity index (χ2n) is 5.36. The molecule has 0 aliphatic carbocycles. The van der Waals surface area contributed by atoms with Gasteiger partial charge in [-0.25, -0.2) is 9.97 Å². The van der Waals surface area contributed by atoms with Gasteiger partial charge in [0, 0.05) is 13.1 Å². The molecule has 25 heavy (non-hydrogen) atoms. The van der Waals surface area contributed by atoms with E-state index in [1.165, 1.54) is 30.6 Å². The van der Waals surface area contributed by atoms with Crippen LogP contribution in [0.4, 0.5) is 24.7 Å². The van der Waals surface area contributed by atoms with Gasteiger partial charge in [-0.1, -0.05) is 12.1 Å². The van der Waals surface area contributed by atoms with Crippen LogP contribution in [0.1, 0.15) is 16.1 Å². The van der Waals surface area contributed by atoms with Gasteiger partial charge >= 0.3 is 6.18 Å². The lowest BCUT2D eigenvalue weighted by atomic mass is 10.1. The summed E-state index contributed by atoms with van der Waals surface area (Å²) in [6, 6.07) is 5.08. The number of anilines is 2. The highest BCUT2D eigenvalue weighted by atomic mass is 19.4. The number of aromatic nitrogens is 2. The van der Waals surface area contributed by atoms with Gasteiger partial charge < -0.3 is 15.0 Å². The molecule has 0 unspecified atom stereocenters. The van der Waals surface area contributed by atoms with Crippen LogP contribution in [0.2, 0.25) is 0 Å². The van der Waals surface area contributed by atoms with Gasteiger partial charge in [-0.3, -0.25) is 4.79 Å². The van der Waals surface area contributed by atoms with Crippen molar-refractivity contribution < 1.29 is 22.7 Å². The molecule has 1 amide bonds. The SMILES string of the molecule is O=C(c1cnc(Nc2ccccc2C(F)(F)F)cn1)N1CCOCC1. The first-order valence-electron chi connectivity index (χ1n) is 7.57. The first-order valence-corrected chi connectivity index (χ1v) is 7.57. The fourth-order valence-electron chi connectivity index (χ4n) is 2.41. The Kier molecular flexibility index (Phi) is 4.84. The molecular formula is C16H15F3N4O2. The maximum atomic E-state index is 13.0. The number of carbonyl (C=O) groups excluding carboxylic acids is 1. The Morgan fingerprint density at radius 3 is 2.48 bits per heavy atom. The standard InChI is InChI=1S/C16H15F3N4O2/c17-16(18,19)11-3-1-2-4-12(11)22-14-10-20-13(9-21-14)15(24)23-5-7-25-8-6-23/h1-4,9-10H,5-8H2,(H,21,22). The molecule has 0 spiro atoms. The van der Waals surface area contributed by atoms with Crippen molar-refractivity contribution in [3.63, 3.8) is 0 Å². The second-order valence-corrected chi connectivity index (χ2v) is 5.36. The van der Waals surface area contributed by atoms with E-state index in [2.05, 4.69) is 15.3 Å². The minimum absolute atomic E-state index is 0.121. The molecule has 0 saturated carbocycles. The fourth-order valence-corrected chi connectivity index (χ4v) is 2.41. The predicted molar refractivity (Wildman–Crippen MR) is 83.5 cm³/mol. The van der Waals surface area contributed by atoms with Crippen molar-refractivity contribution in [3.8, 4) is 0 Å². The van der Waals surface area contributed by atoms with Gasteiger partial charge in [-0.2, -0.15) is 13.2 Å². The normalized spacial score (nSPS) is 15.1. The lowest BCUT2D eigenvalue weighted by molar-refractivity contribution is -0.136. The molecule has 1 fully saturated rings. The number of carbonyl (C=O) groups is 1. The molecule has 1 aliphatic rings. The minimum Gasteiger partial charge on any atom is -0.378 e. The van der Waals surface area contributed by atoms with Crippen LogP contribution in [-0.4, -0.2) is 47.1 Å². The summed E-state index contributed by atoms with van der Waals surface area (Å²) < 4.78 is 44.1. The second kappa shape index (κ2) is 7.06. The van der Waals surface area contributed by atoms with Crippen molar-refractivity contribution in [2.45, 2.75) is 6.18 Å². The van der Waals surface area contributed by atoms with Crippen LogP contribution in [0.15, 0.2) is 36.7 Å². The lowest BCUT2D eigenvalue weighted by Crippen LogP contribution is -2.41. The smallest absolute Gasteiger partial charge is 0.378 e. The number of benzene rings is 1. The summed E-state index contributed by atoms with van der Waals surface area (Å²) in [7, 11) is 0.